The quantitative estimate of drug-likeness (QED) is 0.617. The van der Waals surface area contributed by atoms with Crippen molar-refractivity contribution in [3.8, 4) is 0 Å². The van der Waals surface area contributed by atoms with Gasteiger partial charge in [-0.1, -0.05) is 28.1 Å². The van der Waals surface area contributed by atoms with Crippen molar-refractivity contribution in [1.29, 1.82) is 0 Å². The molecule has 102 valence electrons. The number of benzene rings is 1. The summed E-state index contributed by atoms with van der Waals surface area (Å²) in [6.45, 7) is 2.02. The number of sulfone groups is 1. The van der Waals surface area contributed by atoms with Crippen LogP contribution in [0.5, 0.6) is 0 Å². The smallest absolute Gasteiger partial charge is 0.147 e. The van der Waals surface area contributed by atoms with Crippen LogP contribution in [0.2, 0.25) is 0 Å². The van der Waals surface area contributed by atoms with E-state index in [1.54, 1.807) is 0 Å². The highest BCUT2D eigenvalue weighted by molar-refractivity contribution is 9.10. The van der Waals surface area contributed by atoms with E-state index in [0.29, 0.717) is 12.8 Å². The van der Waals surface area contributed by atoms with Crippen LogP contribution in [0, 0.1) is 6.92 Å². The number of hydrogen-bond acceptors (Lipinski definition) is 4. The van der Waals surface area contributed by atoms with Crippen LogP contribution in [0.3, 0.4) is 0 Å². The Hall–Kier alpha value is -0.430. The predicted molar refractivity (Wildman–Crippen MR) is 77.9 cm³/mol. The SMILES string of the molecule is Cc1ccc(C(CCCS(C)(=O)=O)NN)c(Br)c1. The molecule has 1 atom stereocenters. The third-order valence-electron chi connectivity index (χ3n) is 2.74. The Kier molecular flexibility index (Phi) is 5.78. The summed E-state index contributed by atoms with van der Waals surface area (Å²) in [6, 6.07) is 6.00. The van der Waals surface area contributed by atoms with Gasteiger partial charge in [-0.05, 0) is 37.0 Å². The van der Waals surface area contributed by atoms with Gasteiger partial charge in [0.25, 0.3) is 0 Å². The molecule has 0 aliphatic carbocycles. The molecule has 6 heteroatoms. The van der Waals surface area contributed by atoms with Crippen LogP contribution < -0.4 is 11.3 Å². The lowest BCUT2D eigenvalue weighted by molar-refractivity contribution is 0.506. The molecule has 1 rings (SSSR count). The number of hydrogen-bond donors (Lipinski definition) is 2. The van der Waals surface area contributed by atoms with Gasteiger partial charge in [0, 0.05) is 22.5 Å². The van der Waals surface area contributed by atoms with Crippen LogP contribution >= 0.6 is 15.9 Å². The van der Waals surface area contributed by atoms with Crippen molar-refractivity contribution in [2.75, 3.05) is 12.0 Å². The van der Waals surface area contributed by atoms with Crippen molar-refractivity contribution in [3.63, 3.8) is 0 Å². The maximum atomic E-state index is 11.1. The first-order chi connectivity index (χ1) is 8.33. The van der Waals surface area contributed by atoms with E-state index in [9.17, 15) is 8.42 Å². The number of rotatable bonds is 6. The van der Waals surface area contributed by atoms with Gasteiger partial charge in [0.1, 0.15) is 9.84 Å². The monoisotopic (exact) mass is 334 g/mol. The first-order valence-electron chi connectivity index (χ1n) is 5.73. The highest BCUT2D eigenvalue weighted by Gasteiger charge is 2.14. The van der Waals surface area contributed by atoms with Crippen molar-refractivity contribution in [1.82, 2.24) is 5.43 Å². The molecular weight excluding hydrogens is 316 g/mol. The molecule has 1 unspecified atom stereocenters. The van der Waals surface area contributed by atoms with E-state index in [0.717, 1.165) is 15.6 Å². The van der Waals surface area contributed by atoms with E-state index in [1.807, 2.05) is 25.1 Å². The summed E-state index contributed by atoms with van der Waals surface area (Å²) in [5.74, 6) is 5.73. The minimum Gasteiger partial charge on any atom is -0.271 e. The van der Waals surface area contributed by atoms with Crippen LogP contribution in [-0.2, 0) is 9.84 Å². The molecule has 0 aliphatic heterocycles. The molecule has 0 amide bonds. The average Bonchev–Trinajstić information content (AvgIpc) is 2.24. The molecule has 0 bridgehead atoms. The molecule has 4 nitrogen and oxygen atoms in total. The minimum atomic E-state index is -2.91. The van der Waals surface area contributed by atoms with E-state index in [4.69, 9.17) is 5.84 Å². The van der Waals surface area contributed by atoms with Crippen molar-refractivity contribution < 1.29 is 8.42 Å². The normalized spacial score (nSPS) is 13.6. The fourth-order valence-electron chi connectivity index (χ4n) is 1.79. The number of aryl methyl sites for hydroxylation is 1. The van der Waals surface area contributed by atoms with E-state index in [2.05, 4.69) is 21.4 Å². The zero-order valence-corrected chi connectivity index (χ0v) is 13.0. The summed E-state index contributed by atoms with van der Waals surface area (Å²) in [5.41, 5.74) is 4.96. The fraction of sp³-hybridized carbons (Fsp3) is 0.500. The Morgan fingerprint density at radius 3 is 2.61 bits per heavy atom. The zero-order chi connectivity index (χ0) is 13.8. The Morgan fingerprint density at radius 2 is 2.11 bits per heavy atom. The van der Waals surface area contributed by atoms with Crippen molar-refractivity contribution in [2.24, 2.45) is 5.84 Å². The lowest BCUT2D eigenvalue weighted by atomic mass is 10.0. The Bertz CT molecular complexity index is 503. The second kappa shape index (κ2) is 6.65. The van der Waals surface area contributed by atoms with Crippen molar-refractivity contribution >= 4 is 25.8 Å². The number of halogens is 1. The molecule has 3 N–H and O–H groups in total. The molecular formula is C12H19BrN2O2S. The van der Waals surface area contributed by atoms with Gasteiger partial charge in [-0.15, -0.1) is 0 Å². The average molecular weight is 335 g/mol. The zero-order valence-electron chi connectivity index (χ0n) is 10.6. The third kappa shape index (κ3) is 5.06. The molecule has 1 aromatic rings. The van der Waals surface area contributed by atoms with Gasteiger partial charge in [0.2, 0.25) is 0 Å². The highest BCUT2D eigenvalue weighted by Crippen LogP contribution is 2.27. The Balaban J connectivity index is 2.71. The molecule has 0 fully saturated rings. The molecule has 0 spiro atoms. The first kappa shape index (κ1) is 15.6. The minimum absolute atomic E-state index is 0.0401. The Labute approximate surface area is 117 Å². The van der Waals surface area contributed by atoms with Crippen molar-refractivity contribution in [3.05, 3.63) is 33.8 Å². The second-order valence-electron chi connectivity index (χ2n) is 4.52. The summed E-state index contributed by atoms with van der Waals surface area (Å²) in [7, 11) is -2.91. The predicted octanol–water partition coefficient (Wildman–Crippen LogP) is 2.09. The largest absolute Gasteiger partial charge is 0.271 e. The standard InChI is InChI=1S/C12H19BrN2O2S/c1-9-5-6-10(11(13)8-9)12(15-14)4-3-7-18(2,16)17/h5-6,8,12,15H,3-4,7,14H2,1-2H3. The lowest BCUT2D eigenvalue weighted by Crippen LogP contribution is -2.28. The molecule has 0 heterocycles. The van der Waals surface area contributed by atoms with Crippen LogP contribution in [-0.4, -0.2) is 20.4 Å². The summed E-state index contributed by atoms with van der Waals surface area (Å²) in [4.78, 5) is 0. The molecule has 0 aliphatic rings. The molecule has 1 aromatic carbocycles. The van der Waals surface area contributed by atoms with Crippen LogP contribution in [0.4, 0.5) is 0 Å². The van der Waals surface area contributed by atoms with Crippen molar-refractivity contribution in [2.45, 2.75) is 25.8 Å². The lowest BCUT2D eigenvalue weighted by Gasteiger charge is -2.18. The van der Waals surface area contributed by atoms with Gasteiger partial charge in [-0.25, -0.2) is 8.42 Å². The summed E-state index contributed by atoms with van der Waals surface area (Å²) in [6.07, 6.45) is 2.53. The van der Waals surface area contributed by atoms with Gasteiger partial charge in [0.15, 0.2) is 0 Å². The maximum absolute atomic E-state index is 11.1. The van der Waals surface area contributed by atoms with Gasteiger partial charge >= 0.3 is 0 Å². The van der Waals surface area contributed by atoms with Gasteiger partial charge < -0.3 is 0 Å². The van der Waals surface area contributed by atoms with E-state index in [-0.39, 0.29) is 11.8 Å². The highest BCUT2D eigenvalue weighted by atomic mass is 79.9. The molecule has 18 heavy (non-hydrogen) atoms. The van der Waals surface area contributed by atoms with Gasteiger partial charge in [-0.2, -0.15) is 0 Å². The summed E-state index contributed by atoms with van der Waals surface area (Å²) < 4.78 is 23.2. The van der Waals surface area contributed by atoms with Crippen LogP contribution in [0.15, 0.2) is 22.7 Å². The van der Waals surface area contributed by atoms with E-state index in [1.165, 1.54) is 6.26 Å². The number of nitrogens with one attached hydrogen (secondary N) is 1. The van der Waals surface area contributed by atoms with Gasteiger partial charge in [0.05, 0.1) is 0 Å². The topological polar surface area (TPSA) is 72.2 Å². The van der Waals surface area contributed by atoms with Crippen LogP contribution in [0.1, 0.15) is 30.0 Å². The molecule has 0 radical (unpaired) electrons. The molecule has 0 saturated carbocycles. The first-order valence-corrected chi connectivity index (χ1v) is 8.59. The van der Waals surface area contributed by atoms with E-state index >= 15 is 0 Å². The number of nitrogens with two attached hydrogens (primary N) is 1. The molecule has 0 saturated heterocycles. The Morgan fingerprint density at radius 1 is 1.44 bits per heavy atom. The molecule has 0 aromatic heterocycles. The van der Waals surface area contributed by atoms with Gasteiger partial charge in [-0.3, -0.25) is 11.3 Å². The summed E-state index contributed by atoms with van der Waals surface area (Å²) >= 11 is 3.51. The van der Waals surface area contributed by atoms with Crippen LogP contribution in [0.25, 0.3) is 0 Å². The summed E-state index contributed by atoms with van der Waals surface area (Å²) in [5, 5.41) is 0. The number of hydrazine groups is 1. The second-order valence-corrected chi connectivity index (χ2v) is 7.63. The maximum Gasteiger partial charge on any atom is 0.147 e. The fourth-order valence-corrected chi connectivity index (χ4v) is 3.25. The third-order valence-corrected chi connectivity index (χ3v) is 4.46. The van der Waals surface area contributed by atoms with E-state index < -0.39 is 9.84 Å².